The number of carboxylic acids is 1. The minimum atomic E-state index is -0.947. The second kappa shape index (κ2) is 6.89. The fourth-order valence-corrected chi connectivity index (χ4v) is 3.34. The summed E-state index contributed by atoms with van der Waals surface area (Å²) in [5.41, 5.74) is 0. The van der Waals surface area contributed by atoms with Crippen LogP contribution in [0, 0.1) is 5.92 Å². The SMILES string of the molecule is CC(=O)N[C@@H](CSC1CCC(C)CC1)C(=O)O. The third-order valence-electron chi connectivity index (χ3n) is 3.14. The lowest BCUT2D eigenvalue weighted by molar-refractivity contribution is -0.140. The number of thioether (sulfide) groups is 1. The van der Waals surface area contributed by atoms with Crippen molar-refractivity contribution in [1.29, 1.82) is 0 Å². The highest BCUT2D eigenvalue weighted by atomic mass is 32.2. The van der Waals surface area contributed by atoms with Gasteiger partial charge < -0.3 is 10.4 Å². The number of hydrogen-bond donors (Lipinski definition) is 2. The van der Waals surface area contributed by atoms with Crippen molar-refractivity contribution in [3.63, 3.8) is 0 Å². The third-order valence-corrected chi connectivity index (χ3v) is 4.61. The van der Waals surface area contributed by atoms with Crippen LogP contribution in [0.3, 0.4) is 0 Å². The largest absolute Gasteiger partial charge is 0.480 e. The van der Waals surface area contributed by atoms with Crippen LogP contribution in [0.4, 0.5) is 0 Å². The maximum atomic E-state index is 10.9. The smallest absolute Gasteiger partial charge is 0.327 e. The maximum absolute atomic E-state index is 10.9. The first-order chi connectivity index (χ1) is 7.99. The van der Waals surface area contributed by atoms with Crippen molar-refractivity contribution < 1.29 is 14.7 Å². The van der Waals surface area contributed by atoms with E-state index in [-0.39, 0.29) is 5.91 Å². The molecule has 0 heterocycles. The zero-order valence-corrected chi connectivity index (χ0v) is 11.3. The van der Waals surface area contributed by atoms with E-state index in [1.54, 1.807) is 11.8 Å². The summed E-state index contributed by atoms with van der Waals surface area (Å²) in [6.45, 7) is 3.61. The van der Waals surface area contributed by atoms with E-state index < -0.39 is 12.0 Å². The van der Waals surface area contributed by atoms with Gasteiger partial charge in [0.25, 0.3) is 0 Å². The van der Waals surface area contributed by atoms with Gasteiger partial charge in [0, 0.05) is 17.9 Å². The van der Waals surface area contributed by atoms with Crippen LogP contribution in [0.15, 0.2) is 0 Å². The molecule has 0 aromatic heterocycles. The van der Waals surface area contributed by atoms with Crippen molar-refractivity contribution in [3.05, 3.63) is 0 Å². The molecule has 0 aromatic rings. The number of rotatable bonds is 5. The van der Waals surface area contributed by atoms with E-state index in [4.69, 9.17) is 5.11 Å². The Morgan fingerprint density at radius 1 is 1.35 bits per heavy atom. The highest BCUT2D eigenvalue weighted by Gasteiger charge is 2.23. The van der Waals surface area contributed by atoms with Gasteiger partial charge in [0.05, 0.1) is 0 Å². The number of carbonyl (C=O) groups is 2. The average Bonchev–Trinajstić information content (AvgIpc) is 2.25. The molecule has 98 valence electrons. The summed E-state index contributed by atoms with van der Waals surface area (Å²) in [4.78, 5) is 21.8. The summed E-state index contributed by atoms with van der Waals surface area (Å²) in [5.74, 6) is 0.0399. The molecular formula is C12H21NO3S. The molecule has 1 fully saturated rings. The lowest BCUT2D eigenvalue weighted by Gasteiger charge is -2.26. The van der Waals surface area contributed by atoms with Gasteiger partial charge in [0.2, 0.25) is 5.91 Å². The Balaban J connectivity index is 2.31. The lowest BCUT2D eigenvalue weighted by atomic mass is 9.91. The molecule has 0 aliphatic heterocycles. The van der Waals surface area contributed by atoms with E-state index in [0.717, 1.165) is 18.8 Å². The van der Waals surface area contributed by atoms with Crippen LogP contribution in [-0.2, 0) is 9.59 Å². The molecule has 1 aliphatic rings. The van der Waals surface area contributed by atoms with E-state index >= 15 is 0 Å². The van der Waals surface area contributed by atoms with Gasteiger partial charge in [-0.2, -0.15) is 11.8 Å². The molecule has 1 saturated carbocycles. The third kappa shape index (κ3) is 5.44. The molecule has 0 aromatic carbocycles. The quantitative estimate of drug-likeness (QED) is 0.791. The molecule has 0 saturated heterocycles. The second-order valence-corrected chi connectivity index (χ2v) is 6.14. The van der Waals surface area contributed by atoms with Gasteiger partial charge in [0.15, 0.2) is 0 Å². The molecule has 1 amide bonds. The van der Waals surface area contributed by atoms with Gasteiger partial charge in [-0.25, -0.2) is 4.79 Å². The van der Waals surface area contributed by atoms with E-state index in [2.05, 4.69) is 12.2 Å². The highest BCUT2D eigenvalue weighted by molar-refractivity contribution is 7.99. The number of nitrogens with one attached hydrogen (secondary N) is 1. The van der Waals surface area contributed by atoms with Crippen LogP contribution in [0.25, 0.3) is 0 Å². The molecule has 5 heteroatoms. The van der Waals surface area contributed by atoms with Gasteiger partial charge >= 0.3 is 5.97 Å². The zero-order chi connectivity index (χ0) is 12.8. The summed E-state index contributed by atoms with van der Waals surface area (Å²) >= 11 is 1.68. The molecule has 1 atom stereocenters. The van der Waals surface area contributed by atoms with Crippen molar-refractivity contribution in [2.75, 3.05) is 5.75 Å². The lowest BCUT2D eigenvalue weighted by Crippen LogP contribution is -2.41. The van der Waals surface area contributed by atoms with Crippen LogP contribution in [0.2, 0.25) is 0 Å². The van der Waals surface area contributed by atoms with Crippen molar-refractivity contribution in [2.45, 2.75) is 50.8 Å². The molecule has 0 bridgehead atoms. The van der Waals surface area contributed by atoms with Crippen LogP contribution < -0.4 is 5.32 Å². The van der Waals surface area contributed by atoms with Crippen molar-refractivity contribution in [3.8, 4) is 0 Å². The molecule has 0 unspecified atom stereocenters. The van der Waals surface area contributed by atoms with Crippen LogP contribution in [0.5, 0.6) is 0 Å². The topological polar surface area (TPSA) is 66.4 Å². The summed E-state index contributed by atoms with van der Waals surface area (Å²) in [6, 6.07) is -0.753. The van der Waals surface area contributed by atoms with Crippen molar-refractivity contribution >= 4 is 23.6 Å². The Morgan fingerprint density at radius 2 is 1.94 bits per heavy atom. The molecule has 1 aliphatic carbocycles. The van der Waals surface area contributed by atoms with E-state index in [1.165, 1.54) is 19.8 Å². The Labute approximate surface area is 107 Å². The summed E-state index contributed by atoms with van der Waals surface area (Å²) in [7, 11) is 0. The minimum Gasteiger partial charge on any atom is -0.480 e. The Hall–Kier alpha value is -0.710. The fourth-order valence-electron chi connectivity index (χ4n) is 2.05. The standard InChI is InChI=1S/C12H21NO3S/c1-8-3-5-10(6-4-8)17-7-11(12(15)16)13-9(2)14/h8,10-11H,3-7H2,1-2H3,(H,13,14)(H,15,16)/t8?,10?,11-/m0/s1. The second-order valence-electron chi connectivity index (χ2n) is 4.81. The summed E-state index contributed by atoms with van der Waals surface area (Å²) in [6.07, 6.45) is 4.79. The Bertz CT molecular complexity index is 275. The van der Waals surface area contributed by atoms with Gasteiger partial charge in [-0.3, -0.25) is 4.79 Å². The van der Waals surface area contributed by atoms with E-state index in [0.29, 0.717) is 11.0 Å². The normalized spacial score (nSPS) is 26.2. The minimum absolute atomic E-state index is 0.282. The molecule has 17 heavy (non-hydrogen) atoms. The fraction of sp³-hybridized carbons (Fsp3) is 0.833. The van der Waals surface area contributed by atoms with E-state index in [9.17, 15) is 9.59 Å². The predicted octanol–water partition coefficient (Wildman–Crippen LogP) is 1.89. The van der Waals surface area contributed by atoms with Gasteiger partial charge in [-0.15, -0.1) is 0 Å². The number of amides is 1. The number of hydrogen-bond acceptors (Lipinski definition) is 3. The first-order valence-corrected chi connectivity index (χ1v) is 7.15. The first kappa shape index (κ1) is 14.4. The molecule has 0 radical (unpaired) electrons. The highest BCUT2D eigenvalue weighted by Crippen LogP contribution is 2.31. The van der Waals surface area contributed by atoms with Crippen LogP contribution >= 0.6 is 11.8 Å². The van der Waals surface area contributed by atoms with Gasteiger partial charge in [-0.05, 0) is 31.6 Å². The average molecular weight is 259 g/mol. The first-order valence-electron chi connectivity index (χ1n) is 6.10. The molecular weight excluding hydrogens is 238 g/mol. The van der Waals surface area contributed by atoms with Gasteiger partial charge in [0.1, 0.15) is 6.04 Å². The maximum Gasteiger partial charge on any atom is 0.327 e. The Kier molecular flexibility index (Phi) is 5.82. The number of carboxylic acid groups (broad SMARTS) is 1. The number of aliphatic carboxylic acids is 1. The van der Waals surface area contributed by atoms with E-state index in [1.807, 2.05) is 0 Å². The van der Waals surface area contributed by atoms with Crippen LogP contribution in [-0.4, -0.2) is 34.0 Å². The van der Waals surface area contributed by atoms with Gasteiger partial charge in [-0.1, -0.05) is 6.92 Å². The molecule has 0 spiro atoms. The molecule has 2 N–H and O–H groups in total. The monoisotopic (exact) mass is 259 g/mol. The Morgan fingerprint density at radius 3 is 2.41 bits per heavy atom. The number of carbonyl (C=O) groups excluding carboxylic acids is 1. The van der Waals surface area contributed by atoms with Crippen molar-refractivity contribution in [1.82, 2.24) is 5.32 Å². The zero-order valence-electron chi connectivity index (χ0n) is 10.4. The predicted molar refractivity (Wildman–Crippen MR) is 69.1 cm³/mol. The van der Waals surface area contributed by atoms with Crippen molar-refractivity contribution in [2.24, 2.45) is 5.92 Å². The summed E-state index contributed by atoms with van der Waals surface area (Å²) in [5, 5.41) is 12.0. The molecule has 4 nitrogen and oxygen atoms in total. The summed E-state index contributed by atoms with van der Waals surface area (Å²) < 4.78 is 0. The van der Waals surface area contributed by atoms with Crippen LogP contribution in [0.1, 0.15) is 39.5 Å². The molecule has 1 rings (SSSR count).